The van der Waals surface area contributed by atoms with Crippen LogP contribution in [0.25, 0.3) is 0 Å². The Kier molecular flexibility index (Phi) is 6.72. The highest BCUT2D eigenvalue weighted by molar-refractivity contribution is 5.10. The van der Waals surface area contributed by atoms with Gasteiger partial charge >= 0.3 is 0 Å². The molecule has 0 saturated carbocycles. The molecular weight excluding hydrogens is 220 g/mol. The highest BCUT2D eigenvalue weighted by Gasteiger charge is 1.94. The van der Waals surface area contributed by atoms with Crippen LogP contribution >= 0.6 is 0 Å². The fourth-order valence-electron chi connectivity index (χ4n) is 1.80. The summed E-state index contributed by atoms with van der Waals surface area (Å²) in [7, 11) is 0. The van der Waals surface area contributed by atoms with Gasteiger partial charge in [-0.25, -0.2) is 0 Å². The molecule has 0 amide bonds. The second-order valence-corrected chi connectivity index (χ2v) is 4.69. The summed E-state index contributed by atoms with van der Waals surface area (Å²) >= 11 is 0. The quantitative estimate of drug-likeness (QED) is 0.489. The van der Waals surface area contributed by atoms with Gasteiger partial charge in [0.2, 0.25) is 0 Å². The van der Waals surface area contributed by atoms with Crippen molar-refractivity contribution in [3.05, 3.63) is 47.5 Å². The summed E-state index contributed by atoms with van der Waals surface area (Å²) in [6.45, 7) is 4.29. The van der Waals surface area contributed by atoms with Crippen molar-refractivity contribution < 1.29 is 4.42 Å². The van der Waals surface area contributed by atoms with Crippen molar-refractivity contribution in [3.63, 3.8) is 0 Å². The lowest BCUT2D eigenvalue weighted by Crippen LogP contribution is -1.82. The van der Waals surface area contributed by atoms with Gasteiger partial charge in [-0.15, -0.1) is 12.3 Å². The van der Waals surface area contributed by atoms with Gasteiger partial charge in [0, 0.05) is 6.42 Å². The van der Waals surface area contributed by atoms with Crippen LogP contribution in [0.1, 0.15) is 45.1 Å². The summed E-state index contributed by atoms with van der Waals surface area (Å²) in [6, 6.07) is 2.02. The molecule has 0 radical (unpaired) electrons. The van der Waals surface area contributed by atoms with Crippen LogP contribution in [0, 0.1) is 12.3 Å². The van der Waals surface area contributed by atoms with E-state index in [1.165, 1.54) is 16.7 Å². The van der Waals surface area contributed by atoms with E-state index in [9.17, 15) is 0 Å². The Morgan fingerprint density at radius 1 is 1.28 bits per heavy atom. The van der Waals surface area contributed by atoms with E-state index < -0.39 is 0 Å². The van der Waals surface area contributed by atoms with E-state index in [-0.39, 0.29) is 0 Å². The zero-order chi connectivity index (χ0) is 13.2. The summed E-state index contributed by atoms with van der Waals surface area (Å²) in [6.07, 6.45) is 18.5. The molecule has 1 heteroatoms. The van der Waals surface area contributed by atoms with Crippen molar-refractivity contribution in [2.45, 2.75) is 46.0 Å². The zero-order valence-electron chi connectivity index (χ0n) is 11.4. The van der Waals surface area contributed by atoms with Crippen molar-refractivity contribution in [1.82, 2.24) is 0 Å². The van der Waals surface area contributed by atoms with Crippen LogP contribution in [0.5, 0.6) is 0 Å². The van der Waals surface area contributed by atoms with Crippen molar-refractivity contribution >= 4 is 0 Å². The summed E-state index contributed by atoms with van der Waals surface area (Å²) in [5.74, 6) is 2.66. The van der Waals surface area contributed by atoms with Crippen LogP contribution in [0.3, 0.4) is 0 Å². The molecule has 0 atom stereocenters. The van der Waals surface area contributed by atoms with Gasteiger partial charge in [-0.1, -0.05) is 23.3 Å². The van der Waals surface area contributed by atoms with Gasteiger partial charge in [-0.2, -0.15) is 0 Å². The first-order chi connectivity index (χ1) is 8.72. The van der Waals surface area contributed by atoms with Crippen LogP contribution in [-0.4, -0.2) is 0 Å². The average Bonchev–Trinajstić information content (AvgIpc) is 2.82. The predicted octanol–water partition coefficient (Wildman–Crippen LogP) is 4.91. The number of aryl methyl sites for hydroxylation is 1. The zero-order valence-corrected chi connectivity index (χ0v) is 11.4. The molecule has 0 aliphatic carbocycles. The largest absolute Gasteiger partial charge is 0.472 e. The Bertz CT molecular complexity index is 427. The highest BCUT2D eigenvalue weighted by atomic mass is 16.3. The molecule has 0 saturated heterocycles. The molecule has 0 spiro atoms. The summed E-state index contributed by atoms with van der Waals surface area (Å²) in [4.78, 5) is 0. The minimum Gasteiger partial charge on any atom is -0.472 e. The van der Waals surface area contributed by atoms with Gasteiger partial charge in [0.05, 0.1) is 12.5 Å². The Morgan fingerprint density at radius 2 is 2.06 bits per heavy atom. The lowest BCUT2D eigenvalue weighted by Gasteiger charge is -2.00. The Morgan fingerprint density at radius 3 is 2.72 bits per heavy atom. The minimum absolute atomic E-state index is 0.767. The maximum atomic E-state index is 5.26. The smallest absolute Gasteiger partial charge is 0.0934 e. The first-order valence-electron chi connectivity index (χ1n) is 6.48. The molecule has 1 heterocycles. The number of allylic oxidation sites excluding steroid dienone is 4. The summed E-state index contributed by atoms with van der Waals surface area (Å²) in [5.41, 5.74) is 4.01. The van der Waals surface area contributed by atoms with Gasteiger partial charge in [-0.05, 0) is 51.2 Å². The lowest BCUT2D eigenvalue weighted by molar-refractivity contribution is 0.564. The number of terminal acetylenes is 1. The van der Waals surface area contributed by atoms with Crippen molar-refractivity contribution in [2.24, 2.45) is 0 Å². The van der Waals surface area contributed by atoms with E-state index in [2.05, 4.69) is 31.9 Å². The second kappa shape index (κ2) is 8.42. The van der Waals surface area contributed by atoms with E-state index in [4.69, 9.17) is 10.8 Å². The number of furan rings is 1. The molecule has 96 valence electrons. The third-order valence-electron chi connectivity index (χ3n) is 2.92. The topological polar surface area (TPSA) is 13.1 Å². The predicted molar refractivity (Wildman–Crippen MR) is 77.2 cm³/mol. The normalized spacial score (nSPS) is 12.5. The molecule has 0 N–H and O–H groups in total. The van der Waals surface area contributed by atoms with Crippen molar-refractivity contribution in [2.75, 3.05) is 0 Å². The summed E-state index contributed by atoms with van der Waals surface area (Å²) in [5, 5.41) is 0. The first kappa shape index (κ1) is 14.4. The minimum atomic E-state index is 0.767. The van der Waals surface area contributed by atoms with Crippen LogP contribution in [0.2, 0.25) is 0 Å². The van der Waals surface area contributed by atoms with E-state index in [0.29, 0.717) is 0 Å². The Labute approximate surface area is 111 Å². The van der Waals surface area contributed by atoms with Gasteiger partial charge in [-0.3, -0.25) is 0 Å². The van der Waals surface area contributed by atoms with E-state index in [0.717, 1.165) is 32.1 Å². The van der Waals surface area contributed by atoms with Crippen LogP contribution in [0.4, 0.5) is 0 Å². The van der Waals surface area contributed by atoms with Crippen molar-refractivity contribution in [3.8, 4) is 12.3 Å². The van der Waals surface area contributed by atoms with E-state index in [1.807, 2.05) is 12.3 Å². The maximum absolute atomic E-state index is 5.26. The lowest BCUT2D eigenvalue weighted by atomic mass is 10.1. The number of hydrogen-bond donors (Lipinski definition) is 0. The first-order valence-corrected chi connectivity index (χ1v) is 6.48. The fourth-order valence-corrected chi connectivity index (χ4v) is 1.80. The number of rotatable bonds is 7. The molecule has 0 aliphatic rings. The van der Waals surface area contributed by atoms with Crippen molar-refractivity contribution in [1.29, 1.82) is 0 Å². The molecule has 0 aliphatic heterocycles. The molecule has 1 rings (SSSR count). The molecule has 0 bridgehead atoms. The van der Waals surface area contributed by atoms with Gasteiger partial charge in [0.25, 0.3) is 0 Å². The van der Waals surface area contributed by atoms with Gasteiger partial charge in [0.1, 0.15) is 0 Å². The standard InChI is InChI=1S/C17H22O/c1-4-7-15(2)8-5-9-16(3)10-6-11-17-12-13-18-14-17/h1,8,10,12-14H,5-7,9,11H2,2-3H3/b15-8+,16-10+. The van der Waals surface area contributed by atoms with Gasteiger partial charge in [0.15, 0.2) is 0 Å². The monoisotopic (exact) mass is 242 g/mol. The van der Waals surface area contributed by atoms with Crippen LogP contribution < -0.4 is 0 Å². The number of hydrogen-bond acceptors (Lipinski definition) is 1. The molecule has 1 nitrogen and oxygen atoms in total. The van der Waals surface area contributed by atoms with Gasteiger partial charge < -0.3 is 4.42 Å². The molecule has 0 fully saturated rings. The van der Waals surface area contributed by atoms with Crippen LogP contribution in [-0.2, 0) is 6.42 Å². The maximum Gasteiger partial charge on any atom is 0.0934 e. The van der Waals surface area contributed by atoms with Crippen LogP contribution in [0.15, 0.2) is 46.3 Å². The molecular formula is C17H22O. The highest BCUT2D eigenvalue weighted by Crippen LogP contribution is 2.11. The van der Waals surface area contributed by atoms with E-state index >= 15 is 0 Å². The fraction of sp³-hybridized carbons (Fsp3) is 0.412. The van der Waals surface area contributed by atoms with E-state index in [1.54, 1.807) is 6.26 Å². The molecule has 0 unspecified atom stereocenters. The Balaban J connectivity index is 2.22. The second-order valence-electron chi connectivity index (χ2n) is 4.69. The molecule has 0 aromatic carbocycles. The molecule has 18 heavy (non-hydrogen) atoms. The molecule has 1 aromatic heterocycles. The third-order valence-corrected chi connectivity index (χ3v) is 2.92. The third kappa shape index (κ3) is 6.15. The SMILES string of the molecule is C#CC/C(C)=C/CC/C(C)=C/CCc1ccoc1. The average molecular weight is 242 g/mol. The Hall–Kier alpha value is -1.68. The summed E-state index contributed by atoms with van der Waals surface area (Å²) < 4.78 is 5.04. The molecule has 1 aromatic rings.